The smallest absolute Gasteiger partial charge is 0.185 e. The molecular formula is C15H14FN5. The third-order valence-electron chi connectivity index (χ3n) is 3.37. The van der Waals surface area contributed by atoms with Crippen LogP contribution in [0, 0.1) is 5.82 Å². The molecule has 0 radical (unpaired) electrons. The molecule has 0 bridgehead atoms. The van der Waals surface area contributed by atoms with Gasteiger partial charge < -0.3 is 5.73 Å². The van der Waals surface area contributed by atoms with Crippen molar-refractivity contribution < 1.29 is 4.39 Å². The summed E-state index contributed by atoms with van der Waals surface area (Å²) in [6.07, 6.45) is 0. The zero-order chi connectivity index (χ0) is 14.8. The Bertz CT molecular complexity index is 754. The molecule has 0 spiro atoms. The first kappa shape index (κ1) is 13.2. The van der Waals surface area contributed by atoms with E-state index in [2.05, 4.69) is 15.5 Å². The third kappa shape index (κ3) is 2.47. The highest BCUT2D eigenvalue weighted by Gasteiger charge is 2.18. The topological polar surface area (TPSA) is 69.6 Å². The van der Waals surface area contributed by atoms with Gasteiger partial charge >= 0.3 is 0 Å². The van der Waals surface area contributed by atoms with Crippen LogP contribution in [0.25, 0.3) is 11.4 Å². The minimum Gasteiger partial charge on any atom is -0.399 e. The number of aromatic nitrogens is 4. The number of nitrogen functional groups attached to an aromatic ring is 1. The van der Waals surface area contributed by atoms with Crippen molar-refractivity contribution >= 4 is 5.69 Å². The highest BCUT2D eigenvalue weighted by atomic mass is 19.1. The lowest BCUT2D eigenvalue weighted by molar-refractivity contribution is 0.545. The molecule has 2 aromatic carbocycles. The molecular weight excluding hydrogens is 269 g/mol. The molecule has 106 valence electrons. The van der Waals surface area contributed by atoms with Crippen molar-refractivity contribution in [3.63, 3.8) is 0 Å². The fraction of sp³-hybridized carbons (Fsp3) is 0.133. The van der Waals surface area contributed by atoms with E-state index in [1.165, 1.54) is 18.2 Å². The molecule has 6 heteroatoms. The van der Waals surface area contributed by atoms with Gasteiger partial charge in [0.25, 0.3) is 0 Å². The van der Waals surface area contributed by atoms with E-state index in [0.717, 1.165) is 5.56 Å². The molecule has 3 rings (SSSR count). The summed E-state index contributed by atoms with van der Waals surface area (Å²) in [5.41, 5.74) is 7.52. The van der Waals surface area contributed by atoms with Crippen molar-refractivity contribution in [2.24, 2.45) is 0 Å². The second-order valence-corrected chi connectivity index (χ2v) is 4.77. The number of nitrogens with zero attached hydrogens (tertiary/aromatic N) is 4. The van der Waals surface area contributed by atoms with Crippen LogP contribution in [0.2, 0.25) is 0 Å². The van der Waals surface area contributed by atoms with Crippen LogP contribution in [-0.4, -0.2) is 20.2 Å². The van der Waals surface area contributed by atoms with Gasteiger partial charge in [-0.25, -0.2) is 9.07 Å². The van der Waals surface area contributed by atoms with Crippen LogP contribution in [0.4, 0.5) is 10.1 Å². The van der Waals surface area contributed by atoms with E-state index in [0.29, 0.717) is 17.1 Å². The number of benzene rings is 2. The van der Waals surface area contributed by atoms with Crippen molar-refractivity contribution in [2.45, 2.75) is 13.0 Å². The Morgan fingerprint density at radius 2 is 1.90 bits per heavy atom. The van der Waals surface area contributed by atoms with Crippen LogP contribution in [0.1, 0.15) is 18.5 Å². The summed E-state index contributed by atoms with van der Waals surface area (Å²) in [5.74, 6) is -0.0448. The lowest BCUT2D eigenvalue weighted by atomic mass is 10.1. The molecule has 5 nitrogen and oxygen atoms in total. The van der Waals surface area contributed by atoms with Gasteiger partial charge in [0, 0.05) is 5.69 Å². The van der Waals surface area contributed by atoms with Gasteiger partial charge in [0.2, 0.25) is 0 Å². The molecule has 2 N–H and O–H groups in total. The van der Waals surface area contributed by atoms with E-state index >= 15 is 0 Å². The summed E-state index contributed by atoms with van der Waals surface area (Å²) in [6.45, 7) is 1.96. The van der Waals surface area contributed by atoms with E-state index in [4.69, 9.17) is 5.73 Å². The molecule has 0 aliphatic carbocycles. The second-order valence-electron chi connectivity index (χ2n) is 4.77. The number of hydrogen-bond donors (Lipinski definition) is 1. The van der Waals surface area contributed by atoms with E-state index in [1.54, 1.807) is 4.68 Å². The van der Waals surface area contributed by atoms with Gasteiger partial charge in [-0.3, -0.25) is 0 Å². The molecule has 1 unspecified atom stereocenters. The Kier molecular flexibility index (Phi) is 3.35. The molecule has 0 saturated carbocycles. The van der Waals surface area contributed by atoms with Crippen LogP contribution >= 0.6 is 0 Å². The van der Waals surface area contributed by atoms with Crippen LogP contribution in [0.3, 0.4) is 0 Å². The Balaban J connectivity index is 2.07. The predicted molar refractivity (Wildman–Crippen MR) is 77.9 cm³/mol. The molecule has 21 heavy (non-hydrogen) atoms. The first-order valence-electron chi connectivity index (χ1n) is 6.55. The van der Waals surface area contributed by atoms with Crippen LogP contribution in [0.5, 0.6) is 0 Å². The zero-order valence-electron chi connectivity index (χ0n) is 11.4. The first-order chi connectivity index (χ1) is 10.2. The number of rotatable bonds is 3. The number of tetrazole rings is 1. The third-order valence-corrected chi connectivity index (χ3v) is 3.37. The normalized spacial score (nSPS) is 12.3. The summed E-state index contributed by atoms with van der Waals surface area (Å²) in [5, 5.41) is 11.6. The lowest BCUT2D eigenvalue weighted by Crippen LogP contribution is -2.11. The molecule has 0 amide bonds. The number of anilines is 1. The van der Waals surface area contributed by atoms with Crippen molar-refractivity contribution in [3.8, 4) is 11.4 Å². The average Bonchev–Trinajstić information content (AvgIpc) is 2.99. The van der Waals surface area contributed by atoms with Crippen LogP contribution in [0.15, 0.2) is 48.5 Å². The lowest BCUT2D eigenvalue weighted by Gasteiger charge is -2.14. The standard InChI is InChI=1S/C15H14FN5/c1-10(11-5-3-2-4-6-11)21-15(18-19-20-21)13-9-12(17)7-8-14(13)16/h2-10H,17H2,1H3. The largest absolute Gasteiger partial charge is 0.399 e. The zero-order valence-corrected chi connectivity index (χ0v) is 11.4. The van der Waals surface area contributed by atoms with Crippen LogP contribution < -0.4 is 5.73 Å². The van der Waals surface area contributed by atoms with Gasteiger partial charge in [-0.05, 0) is 41.1 Å². The predicted octanol–water partition coefficient (Wildman–Crippen LogP) is 2.67. The minimum atomic E-state index is -0.402. The van der Waals surface area contributed by atoms with Gasteiger partial charge in [-0.2, -0.15) is 0 Å². The monoisotopic (exact) mass is 283 g/mol. The minimum absolute atomic E-state index is 0.114. The molecule has 1 heterocycles. The molecule has 1 atom stereocenters. The summed E-state index contributed by atoms with van der Waals surface area (Å²) < 4.78 is 15.6. The Hall–Kier alpha value is -2.76. The highest BCUT2D eigenvalue weighted by molar-refractivity contribution is 5.61. The highest BCUT2D eigenvalue weighted by Crippen LogP contribution is 2.26. The van der Waals surface area contributed by atoms with E-state index in [-0.39, 0.29) is 6.04 Å². The van der Waals surface area contributed by atoms with Gasteiger partial charge in [-0.15, -0.1) is 5.10 Å². The molecule has 3 aromatic rings. The SMILES string of the molecule is CC(c1ccccc1)n1nnnc1-c1cc(N)ccc1F. The molecule has 0 aliphatic rings. The van der Waals surface area contributed by atoms with Gasteiger partial charge in [0.15, 0.2) is 5.82 Å². The molecule has 0 saturated heterocycles. The number of nitrogens with two attached hydrogens (primary N) is 1. The van der Waals surface area contributed by atoms with Crippen LogP contribution in [-0.2, 0) is 0 Å². The summed E-state index contributed by atoms with van der Waals surface area (Å²) in [6, 6.07) is 14.0. The fourth-order valence-electron chi connectivity index (χ4n) is 2.22. The Morgan fingerprint density at radius 3 is 2.67 bits per heavy atom. The van der Waals surface area contributed by atoms with Crippen molar-refractivity contribution in [3.05, 3.63) is 59.9 Å². The van der Waals surface area contributed by atoms with Gasteiger partial charge in [0.1, 0.15) is 5.82 Å². The number of halogens is 1. The summed E-state index contributed by atoms with van der Waals surface area (Å²) >= 11 is 0. The fourth-order valence-corrected chi connectivity index (χ4v) is 2.22. The van der Waals surface area contributed by atoms with Crippen molar-refractivity contribution in [2.75, 3.05) is 5.73 Å². The maximum Gasteiger partial charge on any atom is 0.185 e. The quantitative estimate of drug-likeness (QED) is 0.750. The average molecular weight is 283 g/mol. The summed E-state index contributed by atoms with van der Waals surface area (Å²) in [4.78, 5) is 0. The van der Waals surface area contributed by atoms with Gasteiger partial charge in [-0.1, -0.05) is 30.3 Å². The Morgan fingerprint density at radius 1 is 1.14 bits per heavy atom. The van der Waals surface area contributed by atoms with Crippen molar-refractivity contribution in [1.29, 1.82) is 0 Å². The van der Waals surface area contributed by atoms with Gasteiger partial charge in [0.05, 0.1) is 11.6 Å². The number of hydrogen-bond acceptors (Lipinski definition) is 4. The molecule has 0 aliphatic heterocycles. The maximum atomic E-state index is 14.0. The maximum absolute atomic E-state index is 14.0. The first-order valence-corrected chi connectivity index (χ1v) is 6.55. The second kappa shape index (κ2) is 5.32. The molecule has 1 aromatic heterocycles. The van der Waals surface area contributed by atoms with E-state index in [1.807, 2.05) is 37.3 Å². The van der Waals surface area contributed by atoms with E-state index in [9.17, 15) is 4.39 Å². The molecule has 0 fully saturated rings. The summed E-state index contributed by atoms with van der Waals surface area (Å²) in [7, 11) is 0. The van der Waals surface area contributed by atoms with E-state index < -0.39 is 5.82 Å². The Labute approximate surface area is 121 Å². The van der Waals surface area contributed by atoms with Crippen molar-refractivity contribution in [1.82, 2.24) is 20.2 Å².